The van der Waals surface area contributed by atoms with Gasteiger partial charge in [-0.15, -0.1) is 0 Å². The van der Waals surface area contributed by atoms with Gasteiger partial charge in [0.15, 0.2) is 0 Å². The third-order valence-electron chi connectivity index (χ3n) is 6.22. The van der Waals surface area contributed by atoms with Crippen LogP contribution in [-0.2, 0) is 9.59 Å². The lowest BCUT2D eigenvalue weighted by molar-refractivity contribution is -0.183. The van der Waals surface area contributed by atoms with E-state index in [1.807, 2.05) is 19.9 Å². The second-order valence-corrected chi connectivity index (χ2v) is 8.92. The maximum absolute atomic E-state index is 15.2. The second-order valence-electron chi connectivity index (χ2n) is 8.92. The molecule has 0 saturated carbocycles. The molecule has 0 aromatic rings. The number of alkyl halides is 4. The first kappa shape index (κ1) is 24.3. The first-order chi connectivity index (χ1) is 15.0. The Kier molecular flexibility index (Phi) is 7.33. The molecule has 2 heterocycles. The summed E-state index contributed by atoms with van der Waals surface area (Å²) in [6, 6.07) is -1.72. The van der Waals surface area contributed by atoms with Crippen LogP contribution in [0, 0.1) is 17.8 Å². The number of allylic oxidation sites excluding steroid dienone is 3. The third-order valence-corrected chi connectivity index (χ3v) is 6.22. The molecule has 9 heteroatoms. The Morgan fingerprint density at radius 1 is 1.22 bits per heavy atom. The van der Waals surface area contributed by atoms with Crippen LogP contribution in [0.25, 0.3) is 0 Å². The summed E-state index contributed by atoms with van der Waals surface area (Å²) < 4.78 is 54.5. The van der Waals surface area contributed by atoms with Crippen LogP contribution in [0.3, 0.4) is 0 Å². The Bertz CT molecular complexity index is 861. The lowest BCUT2D eigenvalue weighted by Crippen LogP contribution is -2.52. The Labute approximate surface area is 185 Å². The number of rotatable bonds is 5. The van der Waals surface area contributed by atoms with Gasteiger partial charge in [0.25, 0.3) is 0 Å². The van der Waals surface area contributed by atoms with E-state index in [-0.39, 0.29) is 57.9 Å². The number of carbonyl (C=O) groups excluding carboxylic acids is 2. The molecule has 1 N–H and O–H groups in total. The highest BCUT2D eigenvalue weighted by molar-refractivity contribution is 5.84. The standard InChI is InChI=1S/C23H29F4N3O2/c1-16-5-6-18(13-17(2)12-16)21(32)28-15-22(24)7-10-29(11-8-22)14-20(31)30-9-3-4-19(30)23(25,26)27/h12-13,18-19H,3-4,7-11,14-15H2,1-2H3,(H,28,32). The van der Waals surface area contributed by atoms with E-state index in [0.717, 1.165) is 16.0 Å². The molecule has 2 atom stereocenters. The quantitative estimate of drug-likeness (QED) is 0.512. The van der Waals surface area contributed by atoms with Crippen LogP contribution >= 0.6 is 0 Å². The van der Waals surface area contributed by atoms with Gasteiger partial charge in [0.2, 0.25) is 11.8 Å². The minimum Gasteiger partial charge on any atom is -0.352 e. The molecule has 2 amide bonds. The molecular weight excluding hydrogens is 426 g/mol. The molecule has 32 heavy (non-hydrogen) atoms. The molecule has 5 nitrogen and oxygen atoms in total. The largest absolute Gasteiger partial charge is 0.408 e. The summed E-state index contributed by atoms with van der Waals surface area (Å²) >= 11 is 0. The number of nitrogens with one attached hydrogen (secondary N) is 1. The Balaban J connectivity index is 1.47. The zero-order chi connectivity index (χ0) is 23.5. The maximum Gasteiger partial charge on any atom is 0.408 e. The number of halogens is 4. The van der Waals surface area contributed by atoms with Gasteiger partial charge >= 0.3 is 6.18 Å². The predicted molar refractivity (Wildman–Crippen MR) is 112 cm³/mol. The van der Waals surface area contributed by atoms with Crippen molar-refractivity contribution in [2.75, 3.05) is 32.7 Å². The molecule has 2 unspecified atom stereocenters. The van der Waals surface area contributed by atoms with Crippen LogP contribution in [0.2, 0.25) is 0 Å². The molecule has 3 rings (SSSR count). The molecular formula is C23H29F4N3O2. The van der Waals surface area contributed by atoms with Crippen LogP contribution in [-0.4, -0.2) is 72.2 Å². The average Bonchev–Trinajstić information content (AvgIpc) is 3.15. The van der Waals surface area contributed by atoms with Crippen LogP contribution in [0.15, 0.2) is 23.3 Å². The minimum atomic E-state index is -4.43. The summed E-state index contributed by atoms with van der Waals surface area (Å²) in [5.41, 5.74) is 0.134. The van der Waals surface area contributed by atoms with E-state index in [0.29, 0.717) is 6.42 Å². The van der Waals surface area contributed by atoms with E-state index in [9.17, 15) is 22.8 Å². The maximum atomic E-state index is 15.2. The number of nitrogens with zero attached hydrogens (tertiary/aromatic N) is 2. The monoisotopic (exact) mass is 455 g/mol. The number of likely N-dealkylation sites (tertiary alicyclic amines) is 2. The van der Waals surface area contributed by atoms with E-state index in [4.69, 9.17) is 0 Å². The lowest BCUT2D eigenvalue weighted by Gasteiger charge is -2.37. The number of hydrogen-bond donors (Lipinski definition) is 1. The molecule has 0 spiro atoms. The van der Waals surface area contributed by atoms with E-state index >= 15 is 4.39 Å². The number of hydrogen-bond acceptors (Lipinski definition) is 3. The zero-order valence-corrected chi connectivity index (χ0v) is 18.4. The number of piperidine rings is 1. The molecule has 3 aliphatic rings. The summed E-state index contributed by atoms with van der Waals surface area (Å²) in [5.74, 6) is 4.20. The first-order valence-electron chi connectivity index (χ1n) is 10.9. The van der Waals surface area contributed by atoms with Gasteiger partial charge in [-0.1, -0.05) is 23.5 Å². The highest BCUT2D eigenvalue weighted by Crippen LogP contribution is 2.33. The van der Waals surface area contributed by atoms with E-state index in [2.05, 4.69) is 17.2 Å². The van der Waals surface area contributed by atoms with Crippen LogP contribution in [0.5, 0.6) is 0 Å². The Morgan fingerprint density at radius 3 is 2.56 bits per heavy atom. The molecule has 0 radical (unpaired) electrons. The summed E-state index contributed by atoms with van der Waals surface area (Å²) in [4.78, 5) is 27.5. The molecule has 2 saturated heterocycles. The van der Waals surface area contributed by atoms with Crippen LogP contribution in [0.4, 0.5) is 17.6 Å². The molecule has 1 aliphatic carbocycles. The van der Waals surface area contributed by atoms with Gasteiger partial charge in [0.05, 0.1) is 13.1 Å². The van der Waals surface area contributed by atoms with Crippen molar-refractivity contribution in [2.24, 2.45) is 5.92 Å². The van der Waals surface area contributed by atoms with Gasteiger partial charge in [-0.2, -0.15) is 13.2 Å². The molecule has 176 valence electrons. The summed E-state index contributed by atoms with van der Waals surface area (Å²) in [7, 11) is 0. The smallest absolute Gasteiger partial charge is 0.352 e. The first-order valence-corrected chi connectivity index (χ1v) is 10.9. The highest BCUT2D eigenvalue weighted by atomic mass is 19.4. The number of amides is 2. The summed E-state index contributed by atoms with van der Waals surface area (Å²) in [6.45, 7) is 4.00. The van der Waals surface area contributed by atoms with Crippen molar-refractivity contribution in [1.29, 1.82) is 0 Å². The molecule has 0 aromatic heterocycles. The van der Waals surface area contributed by atoms with Gasteiger partial charge in [-0.25, -0.2) is 4.39 Å². The van der Waals surface area contributed by atoms with E-state index in [1.165, 1.54) is 0 Å². The fraction of sp³-hybridized carbons (Fsp3) is 0.652. The molecule has 2 fully saturated rings. The Hall–Kier alpha value is -2.34. The van der Waals surface area contributed by atoms with Gasteiger partial charge in [-0.05, 0) is 51.2 Å². The normalized spacial score (nSPS) is 25.9. The highest BCUT2D eigenvalue weighted by Gasteiger charge is 2.48. The van der Waals surface area contributed by atoms with Crippen molar-refractivity contribution >= 4 is 11.8 Å². The summed E-state index contributed by atoms with van der Waals surface area (Å²) in [6.07, 6.45) is -0.358. The third kappa shape index (κ3) is 6.12. The fourth-order valence-electron chi connectivity index (χ4n) is 4.39. The predicted octanol–water partition coefficient (Wildman–Crippen LogP) is 2.99. The van der Waals surface area contributed by atoms with Gasteiger partial charge < -0.3 is 10.2 Å². The molecule has 2 aliphatic heterocycles. The van der Waals surface area contributed by atoms with Crippen molar-refractivity contribution in [3.63, 3.8) is 0 Å². The zero-order valence-electron chi connectivity index (χ0n) is 18.4. The molecule has 0 aromatic carbocycles. The van der Waals surface area contributed by atoms with Crippen molar-refractivity contribution < 1.29 is 27.2 Å². The SMILES string of the molecule is CC1=CC(C)=CC(C(=O)NCC2(F)CCN(CC(=O)N3CCCC3C(F)(F)F)CC2)C#C1. The van der Waals surface area contributed by atoms with Crippen molar-refractivity contribution in [3.8, 4) is 11.8 Å². The lowest BCUT2D eigenvalue weighted by atomic mass is 9.93. The van der Waals surface area contributed by atoms with Crippen molar-refractivity contribution in [3.05, 3.63) is 23.3 Å². The fourth-order valence-corrected chi connectivity index (χ4v) is 4.39. The number of carbonyl (C=O) groups is 2. The summed E-state index contributed by atoms with van der Waals surface area (Å²) in [5, 5.41) is 2.65. The molecule has 0 bridgehead atoms. The average molecular weight is 455 g/mol. The topological polar surface area (TPSA) is 52.7 Å². The van der Waals surface area contributed by atoms with E-state index < -0.39 is 29.7 Å². The van der Waals surface area contributed by atoms with Gasteiger partial charge in [-0.3, -0.25) is 14.5 Å². The van der Waals surface area contributed by atoms with Crippen molar-refractivity contribution in [1.82, 2.24) is 15.1 Å². The van der Waals surface area contributed by atoms with Gasteiger partial charge in [0.1, 0.15) is 17.6 Å². The van der Waals surface area contributed by atoms with Gasteiger partial charge in [0, 0.05) is 19.6 Å². The second kappa shape index (κ2) is 9.65. The van der Waals surface area contributed by atoms with Crippen LogP contribution < -0.4 is 5.32 Å². The van der Waals surface area contributed by atoms with Crippen molar-refractivity contribution in [2.45, 2.75) is 57.4 Å². The Morgan fingerprint density at radius 2 is 1.91 bits per heavy atom. The van der Waals surface area contributed by atoms with Crippen LogP contribution in [0.1, 0.15) is 39.5 Å². The minimum absolute atomic E-state index is 0.0712. The van der Waals surface area contributed by atoms with E-state index in [1.54, 1.807) is 11.0 Å².